The van der Waals surface area contributed by atoms with E-state index in [9.17, 15) is 0 Å². The summed E-state index contributed by atoms with van der Waals surface area (Å²) in [5.41, 5.74) is 4.82. The van der Waals surface area contributed by atoms with Gasteiger partial charge in [-0.05, 0) is 58.0 Å². The van der Waals surface area contributed by atoms with E-state index >= 15 is 0 Å². The molecule has 1 unspecified atom stereocenters. The fourth-order valence-electron chi connectivity index (χ4n) is 3.98. The number of nitrogens with zero attached hydrogens (tertiary/aromatic N) is 5. The van der Waals surface area contributed by atoms with Crippen LogP contribution in [0.2, 0.25) is 0 Å². The molecule has 5 heteroatoms. The molecule has 27 heavy (non-hydrogen) atoms. The van der Waals surface area contributed by atoms with Crippen molar-refractivity contribution in [2.75, 3.05) is 46.8 Å². The fourth-order valence-corrected chi connectivity index (χ4v) is 3.98. The molecule has 0 spiro atoms. The van der Waals surface area contributed by atoms with Crippen LogP contribution in [0.15, 0.2) is 47.9 Å². The number of aliphatic imine (C=N–C) groups is 1. The van der Waals surface area contributed by atoms with Crippen LogP contribution in [0.25, 0.3) is 0 Å². The Hall–Kier alpha value is -1.98. The van der Waals surface area contributed by atoms with Crippen LogP contribution in [-0.2, 0) is 6.42 Å². The van der Waals surface area contributed by atoms with E-state index in [1.807, 2.05) is 24.5 Å². The van der Waals surface area contributed by atoms with Gasteiger partial charge >= 0.3 is 0 Å². The highest BCUT2D eigenvalue weighted by Gasteiger charge is 2.24. The van der Waals surface area contributed by atoms with Crippen LogP contribution in [0.5, 0.6) is 0 Å². The summed E-state index contributed by atoms with van der Waals surface area (Å²) in [5, 5.41) is 0. The maximum atomic E-state index is 4.66. The second-order valence-electron chi connectivity index (χ2n) is 7.83. The third kappa shape index (κ3) is 5.27. The van der Waals surface area contributed by atoms with Crippen molar-refractivity contribution in [3.05, 3.63) is 54.1 Å². The molecule has 0 saturated carbocycles. The van der Waals surface area contributed by atoms with E-state index < -0.39 is 0 Å². The zero-order valence-corrected chi connectivity index (χ0v) is 17.1. The number of rotatable bonds is 6. The van der Waals surface area contributed by atoms with E-state index in [0.29, 0.717) is 6.04 Å². The Kier molecular flexibility index (Phi) is 6.80. The molecule has 1 fully saturated rings. The highest BCUT2D eigenvalue weighted by atomic mass is 15.2. The summed E-state index contributed by atoms with van der Waals surface area (Å²) in [5.74, 6) is 0. The first-order valence-corrected chi connectivity index (χ1v) is 10.0. The number of piperazine rings is 1. The summed E-state index contributed by atoms with van der Waals surface area (Å²) in [6.07, 6.45) is 9.40. The third-order valence-corrected chi connectivity index (χ3v) is 5.65. The zero-order chi connectivity index (χ0) is 19.2. The van der Waals surface area contributed by atoms with E-state index in [1.54, 1.807) is 0 Å². The molecule has 1 aromatic rings. The minimum atomic E-state index is 0.393. The van der Waals surface area contributed by atoms with Crippen molar-refractivity contribution in [2.45, 2.75) is 32.2 Å². The van der Waals surface area contributed by atoms with Gasteiger partial charge in [0.2, 0.25) is 0 Å². The zero-order valence-electron chi connectivity index (χ0n) is 17.1. The Bertz CT molecular complexity index is 700. The second-order valence-corrected chi connectivity index (χ2v) is 7.83. The first-order chi connectivity index (χ1) is 13.0. The molecular weight excluding hydrogens is 334 g/mol. The van der Waals surface area contributed by atoms with Crippen LogP contribution in [0.3, 0.4) is 0 Å². The van der Waals surface area contributed by atoms with Crippen molar-refractivity contribution >= 4 is 5.71 Å². The molecule has 1 saturated heterocycles. The Morgan fingerprint density at radius 2 is 2.15 bits per heavy atom. The van der Waals surface area contributed by atoms with Gasteiger partial charge in [-0.15, -0.1) is 0 Å². The molecule has 5 nitrogen and oxygen atoms in total. The van der Waals surface area contributed by atoms with Crippen LogP contribution in [-0.4, -0.2) is 72.2 Å². The van der Waals surface area contributed by atoms with Crippen LogP contribution in [0.4, 0.5) is 0 Å². The van der Waals surface area contributed by atoms with Gasteiger partial charge in [0.25, 0.3) is 0 Å². The van der Waals surface area contributed by atoms with Crippen LogP contribution in [0, 0.1) is 0 Å². The van der Waals surface area contributed by atoms with Crippen LogP contribution < -0.4 is 0 Å². The lowest BCUT2D eigenvalue weighted by atomic mass is 9.91. The van der Waals surface area contributed by atoms with Gasteiger partial charge in [0, 0.05) is 56.5 Å². The topological polar surface area (TPSA) is 35.0 Å². The number of aryl methyl sites for hydroxylation is 1. The summed E-state index contributed by atoms with van der Waals surface area (Å²) >= 11 is 0. The Morgan fingerprint density at radius 3 is 2.93 bits per heavy atom. The monoisotopic (exact) mass is 367 g/mol. The Morgan fingerprint density at radius 1 is 1.37 bits per heavy atom. The van der Waals surface area contributed by atoms with Crippen molar-refractivity contribution in [1.82, 2.24) is 19.7 Å². The molecule has 0 N–H and O–H groups in total. The summed E-state index contributed by atoms with van der Waals surface area (Å²) in [6.45, 7) is 11.4. The van der Waals surface area contributed by atoms with Crippen LogP contribution in [0.1, 0.15) is 37.1 Å². The smallest absolute Gasteiger partial charge is 0.0607 e. The lowest BCUT2D eigenvalue weighted by Gasteiger charge is -2.34. The van der Waals surface area contributed by atoms with Gasteiger partial charge < -0.3 is 9.80 Å². The second kappa shape index (κ2) is 9.29. The molecule has 3 rings (SSSR count). The average Bonchev–Trinajstić information content (AvgIpc) is 2.68. The summed E-state index contributed by atoms with van der Waals surface area (Å²) in [6, 6.07) is 4.66. The van der Waals surface area contributed by atoms with Gasteiger partial charge in [-0.1, -0.05) is 12.6 Å². The van der Waals surface area contributed by atoms with E-state index in [0.717, 1.165) is 50.6 Å². The van der Waals surface area contributed by atoms with Crippen molar-refractivity contribution in [1.29, 1.82) is 0 Å². The molecule has 146 valence electrons. The predicted molar refractivity (Wildman–Crippen MR) is 113 cm³/mol. The van der Waals surface area contributed by atoms with Gasteiger partial charge in [-0.3, -0.25) is 14.9 Å². The summed E-state index contributed by atoms with van der Waals surface area (Å²) < 4.78 is 0. The molecule has 1 aliphatic heterocycles. The normalized spacial score (nSPS) is 21.7. The van der Waals surface area contributed by atoms with E-state index in [4.69, 9.17) is 0 Å². The number of hydrogen-bond donors (Lipinski definition) is 0. The summed E-state index contributed by atoms with van der Waals surface area (Å²) in [7, 11) is 4.35. The van der Waals surface area contributed by atoms with E-state index in [-0.39, 0.29) is 0 Å². The molecule has 0 radical (unpaired) electrons. The number of pyridine rings is 1. The van der Waals surface area contributed by atoms with Crippen molar-refractivity contribution in [3.63, 3.8) is 0 Å². The first-order valence-electron chi connectivity index (χ1n) is 10.0. The van der Waals surface area contributed by atoms with Gasteiger partial charge in [0.05, 0.1) is 11.7 Å². The highest BCUT2D eigenvalue weighted by molar-refractivity contribution is 5.84. The average molecular weight is 368 g/mol. The molecule has 0 bridgehead atoms. The molecule has 0 amide bonds. The fraction of sp³-hybridized carbons (Fsp3) is 0.545. The minimum absolute atomic E-state index is 0.393. The molecule has 1 aromatic heterocycles. The van der Waals surface area contributed by atoms with Crippen molar-refractivity contribution < 1.29 is 0 Å². The van der Waals surface area contributed by atoms with Crippen molar-refractivity contribution in [2.24, 2.45) is 4.99 Å². The molecule has 2 aliphatic rings. The number of likely N-dealkylation sites (N-methyl/N-ethyl adjacent to an activating group) is 1. The molecule has 1 atom stereocenters. The minimum Gasteiger partial charge on any atom is -0.369 e. The highest BCUT2D eigenvalue weighted by Crippen LogP contribution is 2.31. The van der Waals surface area contributed by atoms with E-state index in [1.165, 1.54) is 24.1 Å². The lowest BCUT2D eigenvalue weighted by molar-refractivity contribution is 0.190. The van der Waals surface area contributed by atoms with Crippen LogP contribution >= 0.6 is 0 Å². The van der Waals surface area contributed by atoms with Gasteiger partial charge in [0.15, 0.2) is 0 Å². The molecular formula is C22H33N5. The molecule has 1 aliphatic carbocycles. The van der Waals surface area contributed by atoms with Crippen molar-refractivity contribution in [3.8, 4) is 0 Å². The number of hydrogen-bond acceptors (Lipinski definition) is 5. The quantitative estimate of drug-likeness (QED) is 0.572. The largest absolute Gasteiger partial charge is 0.369 e. The third-order valence-electron chi connectivity index (χ3n) is 5.65. The van der Waals surface area contributed by atoms with E-state index in [2.05, 4.69) is 58.3 Å². The first kappa shape index (κ1) is 19.8. The predicted octanol–water partition coefficient (Wildman–Crippen LogP) is 3.13. The number of aromatic nitrogens is 1. The van der Waals surface area contributed by atoms with Gasteiger partial charge in [-0.25, -0.2) is 0 Å². The Labute approximate surface area is 164 Å². The maximum Gasteiger partial charge on any atom is 0.0607 e. The molecule has 0 aromatic carbocycles. The standard InChI is InChI=1S/C22H33N5/c1-18(23-12-10-19(2)27-15-13-25(3)14-16-27)17-26(4)21-9-5-7-20-8-6-11-24-22(20)21/h6,8,10-12,21H,2,5,7,9,13-17H2,1,3-4H3/b12-10-,23-18+. The van der Waals surface area contributed by atoms with Gasteiger partial charge in [-0.2, -0.15) is 0 Å². The SMILES string of the molecule is C=C(/C=C\N=C(/C)CN(C)C1CCCc2cccnc21)N1CCN(C)CC1. The lowest BCUT2D eigenvalue weighted by Crippen LogP contribution is -2.43. The van der Waals surface area contributed by atoms with Gasteiger partial charge in [0.1, 0.15) is 0 Å². The summed E-state index contributed by atoms with van der Waals surface area (Å²) in [4.78, 5) is 16.4. The number of allylic oxidation sites excluding steroid dienone is 1. The maximum absolute atomic E-state index is 4.66. The number of fused-ring (bicyclic) bond motifs is 1. The molecule has 2 heterocycles. The Balaban J connectivity index is 1.54.